The number of ether oxygens (including phenoxy) is 2. The van der Waals surface area contributed by atoms with Gasteiger partial charge in [0.1, 0.15) is 25.0 Å². The molecule has 0 aliphatic carbocycles. The van der Waals surface area contributed by atoms with E-state index in [1.807, 2.05) is 84.9 Å². The van der Waals surface area contributed by atoms with Gasteiger partial charge in [0, 0.05) is 17.8 Å². The summed E-state index contributed by atoms with van der Waals surface area (Å²) in [6.07, 6.45) is 1.77. The summed E-state index contributed by atoms with van der Waals surface area (Å²) in [5.41, 5.74) is 4.50. The summed E-state index contributed by atoms with van der Waals surface area (Å²) in [5, 5.41) is 9.41. The van der Waals surface area contributed by atoms with Crippen molar-refractivity contribution in [3.8, 4) is 28.8 Å². The van der Waals surface area contributed by atoms with Crippen molar-refractivity contribution in [2.24, 2.45) is 0 Å². The molecule has 0 aliphatic heterocycles. The second-order valence-electron chi connectivity index (χ2n) is 6.76. The lowest BCUT2D eigenvalue weighted by molar-refractivity contribution is 0.294. The maximum Gasteiger partial charge on any atom is 0.213 e. The predicted molar refractivity (Wildman–Crippen MR) is 116 cm³/mol. The minimum Gasteiger partial charge on any atom is -0.488 e. The van der Waals surface area contributed by atoms with E-state index in [0.717, 1.165) is 22.3 Å². The Morgan fingerprint density at radius 2 is 1.33 bits per heavy atom. The summed E-state index contributed by atoms with van der Waals surface area (Å²) < 4.78 is 11.7. The van der Waals surface area contributed by atoms with Crippen LogP contribution < -0.4 is 9.47 Å². The van der Waals surface area contributed by atoms with E-state index in [-0.39, 0.29) is 0 Å². The highest BCUT2D eigenvalue weighted by Crippen LogP contribution is 2.28. The molecule has 4 heteroatoms. The van der Waals surface area contributed by atoms with Gasteiger partial charge in [0.2, 0.25) is 5.88 Å². The van der Waals surface area contributed by atoms with Gasteiger partial charge < -0.3 is 9.47 Å². The summed E-state index contributed by atoms with van der Waals surface area (Å²) in [7, 11) is 0. The highest BCUT2D eigenvalue weighted by atomic mass is 16.5. The van der Waals surface area contributed by atoms with Crippen molar-refractivity contribution in [1.82, 2.24) is 4.98 Å². The van der Waals surface area contributed by atoms with E-state index >= 15 is 0 Å². The minimum atomic E-state index is 0.406. The quantitative estimate of drug-likeness (QED) is 0.400. The van der Waals surface area contributed by atoms with Crippen molar-refractivity contribution >= 4 is 0 Å². The number of rotatable bonds is 7. The van der Waals surface area contributed by atoms with Gasteiger partial charge in [-0.25, -0.2) is 4.98 Å². The standard InChI is InChI=1S/C26H20N2O2/c27-16-23-12-11-22(15-25(23)29-18-20-7-3-1-4-8-20)24-13-14-26(28-17-24)30-19-21-9-5-2-6-10-21/h1-15,17H,18-19H2. The summed E-state index contributed by atoms with van der Waals surface area (Å²) in [6, 6.07) is 31.4. The maximum atomic E-state index is 9.41. The molecule has 0 unspecified atom stereocenters. The number of hydrogen-bond acceptors (Lipinski definition) is 4. The lowest BCUT2D eigenvalue weighted by Gasteiger charge is -2.11. The van der Waals surface area contributed by atoms with Crippen molar-refractivity contribution in [3.63, 3.8) is 0 Å². The normalized spacial score (nSPS) is 10.2. The smallest absolute Gasteiger partial charge is 0.213 e. The van der Waals surface area contributed by atoms with Crippen LogP contribution in [0.5, 0.6) is 11.6 Å². The molecule has 0 aliphatic rings. The van der Waals surface area contributed by atoms with Crippen LogP contribution in [0.2, 0.25) is 0 Å². The largest absolute Gasteiger partial charge is 0.488 e. The molecule has 0 saturated heterocycles. The molecule has 30 heavy (non-hydrogen) atoms. The highest BCUT2D eigenvalue weighted by Gasteiger charge is 2.08. The van der Waals surface area contributed by atoms with Crippen molar-refractivity contribution in [1.29, 1.82) is 5.26 Å². The zero-order valence-electron chi connectivity index (χ0n) is 16.4. The first-order valence-corrected chi connectivity index (χ1v) is 9.66. The molecule has 0 N–H and O–H groups in total. The lowest BCUT2D eigenvalue weighted by atomic mass is 10.0. The molecule has 0 amide bonds. The molecule has 0 spiro atoms. The van der Waals surface area contributed by atoms with Crippen LogP contribution in [-0.2, 0) is 13.2 Å². The first kappa shape index (κ1) is 19.2. The minimum absolute atomic E-state index is 0.406. The van der Waals surface area contributed by atoms with Gasteiger partial charge in [-0.1, -0.05) is 66.7 Å². The molecule has 3 aromatic carbocycles. The fraction of sp³-hybridized carbons (Fsp3) is 0.0769. The molecule has 146 valence electrons. The molecule has 1 heterocycles. The average molecular weight is 392 g/mol. The molecular weight excluding hydrogens is 372 g/mol. The van der Waals surface area contributed by atoms with Gasteiger partial charge in [0.15, 0.2) is 0 Å². The number of pyridine rings is 1. The summed E-state index contributed by atoms with van der Waals surface area (Å²) in [6.45, 7) is 0.880. The third-order valence-corrected chi connectivity index (χ3v) is 4.64. The van der Waals surface area contributed by atoms with Gasteiger partial charge in [-0.05, 0) is 34.9 Å². The number of benzene rings is 3. The van der Waals surface area contributed by atoms with Crippen molar-refractivity contribution in [2.75, 3.05) is 0 Å². The van der Waals surface area contributed by atoms with E-state index in [4.69, 9.17) is 9.47 Å². The van der Waals surface area contributed by atoms with Gasteiger partial charge >= 0.3 is 0 Å². The molecule has 0 fully saturated rings. The van der Waals surface area contributed by atoms with Crippen LogP contribution in [0, 0.1) is 11.3 Å². The first-order valence-electron chi connectivity index (χ1n) is 9.66. The topological polar surface area (TPSA) is 55.1 Å². The van der Waals surface area contributed by atoms with Crippen LogP contribution in [0.25, 0.3) is 11.1 Å². The van der Waals surface area contributed by atoms with E-state index in [1.54, 1.807) is 12.3 Å². The van der Waals surface area contributed by atoms with Crippen LogP contribution in [0.15, 0.2) is 97.2 Å². The SMILES string of the molecule is N#Cc1ccc(-c2ccc(OCc3ccccc3)nc2)cc1OCc1ccccc1. The fourth-order valence-electron chi connectivity index (χ4n) is 3.02. The average Bonchev–Trinajstić information content (AvgIpc) is 2.83. The number of aromatic nitrogens is 1. The molecule has 4 aromatic rings. The fourth-order valence-corrected chi connectivity index (χ4v) is 3.02. The van der Waals surface area contributed by atoms with Crippen LogP contribution in [-0.4, -0.2) is 4.98 Å². The Balaban J connectivity index is 1.47. The van der Waals surface area contributed by atoms with E-state index in [0.29, 0.717) is 30.4 Å². The Bertz CT molecular complexity index is 1140. The van der Waals surface area contributed by atoms with E-state index in [1.165, 1.54) is 0 Å². The highest BCUT2D eigenvalue weighted by molar-refractivity contribution is 5.66. The first-order chi connectivity index (χ1) is 14.8. The molecule has 1 aromatic heterocycles. The third kappa shape index (κ3) is 4.84. The van der Waals surface area contributed by atoms with E-state index < -0.39 is 0 Å². The van der Waals surface area contributed by atoms with Gasteiger partial charge in [0.05, 0.1) is 5.56 Å². The molecule has 0 saturated carbocycles. The second-order valence-corrected chi connectivity index (χ2v) is 6.76. The second kappa shape index (κ2) is 9.40. The van der Waals surface area contributed by atoms with Gasteiger partial charge in [-0.3, -0.25) is 0 Å². The number of nitrogens with zero attached hydrogens (tertiary/aromatic N) is 2. The Morgan fingerprint density at radius 1 is 0.700 bits per heavy atom. The monoisotopic (exact) mass is 392 g/mol. The Hall–Kier alpha value is -4.10. The van der Waals surface area contributed by atoms with E-state index in [9.17, 15) is 5.26 Å². The molecule has 0 bridgehead atoms. The summed E-state index contributed by atoms with van der Waals surface area (Å²) in [5.74, 6) is 1.13. The molecule has 4 nitrogen and oxygen atoms in total. The zero-order valence-corrected chi connectivity index (χ0v) is 16.4. The van der Waals surface area contributed by atoms with Crippen molar-refractivity contribution in [3.05, 3.63) is 114 Å². The van der Waals surface area contributed by atoms with Crippen molar-refractivity contribution in [2.45, 2.75) is 13.2 Å². The molecule has 0 radical (unpaired) electrons. The predicted octanol–water partition coefficient (Wildman–Crippen LogP) is 5.78. The van der Waals surface area contributed by atoms with Gasteiger partial charge in [-0.2, -0.15) is 5.26 Å². The van der Waals surface area contributed by atoms with Gasteiger partial charge in [-0.15, -0.1) is 0 Å². The van der Waals surface area contributed by atoms with Crippen LogP contribution in [0.3, 0.4) is 0 Å². The van der Waals surface area contributed by atoms with Gasteiger partial charge in [0.25, 0.3) is 0 Å². The zero-order chi connectivity index (χ0) is 20.6. The van der Waals surface area contributed by atoms with E-state index in [2.05, 4.69) is 11.1 Å². The summed E-state index contributed by atoms with van der Waals surface area (Å²) >= 11 is 0. The van der Waals surface area contributed by atoms with Crippen molar-refractivity contribution < 1.29 is 9.47 Å². The lowest BCUT2D eigenvalue weighted by Crippen LogP contribution is -1.98. The third-order valence-electron chi connectivity index (χ3n) is 4.64. The maximum absolute atomic E-state index is 9.41. The number of nitriles is 1. The van der Waals surface area contributed by atoms with Crippen LogP contribution in [0.4, 0.5) is 0 Å². The van der Waals surface area contributed by atoms with Crippen LogP contribution in [0.1, 0.15) is 16.7 Å². The Morgan fingerprint density at radius 3 is 1.93 bits per heavy atom. The van der Waals surface area contributed by atoms with Crippen LogP contribution >= 0.6 is 0 Å². The molecule has 4 rings (SSSR count). The molecule has 0 atom stereocenters. The summed E-state index contributed by atoms with van der Waals surface area (Å²) in [4.78, 5) is 4.41. The Kier molecular flexibility index (Phi) is 6.02. The Labute approximate surface area is 176 Å². The number of hydrogen-bond donors (Lipinski definition) is 0. The molecular formula is C26H20N2O2.